The zero-order valence-corrected chi connectivity index (χ0v) is 37.6. The Morgan fingerprint density at radius 1 is 0.345 bits per heavy atom. The van der Waals surface area contributed by atoms with Crippen molar-refractivity contribution in [2.45, 2.75) is 272 Å². The standard InChI is InChI=1S/C49H94O6/c1-6-7-8-27-34-39-47(50)53-42-46(43-54-48(51)40-35-30-25-21-18-17-20-24-29-33-38-45(4)5)55-49(52)41-36-31-26-22-16-14-12-10-9-11-13-15-19-23-28-32-37-44(2)3/h44-46H,6-43H2,1-5H3/t46-/m1/s1. The molecule has 0 aliphatic heterocycles. The molecule has 0 saturated carbocycles. The summed E-state index contributed by atoms with van der Waals surface area (Å²) in [5.41, 5.74) is 0. The lowest BCUT2D eigenvalue weighted by Gasteiger charge is -2.18. The number of carbonyl (C=O) groups excluding carboxylic acids is 3. The fourth-order valence-electron chi connectivity index (χ4n) is 7.28. The van der Waals surface area contributed by atoms with Gasteiger partial charge >= 0.3 is 17.9 Å². The topological polar surface area (TPSA) is 78.9 Å². The Bertz CT molecular complexity index is 839. The maximum Gasteiger partial charge on any atom is 0.306 e. The number of unbranched alkanes of at least 4 members (excludes halogenated alkanes) is 28. The second-order valence-electron chi connectivity index (χ2n) is 17.7. The van der Waals surface area contributed by atoms with E-state index in [0.717, 1.165) is 76.0 Å². The first-order valence-corrected chi connectivity index (χ1v) is 24.2. The molecule has 0 unspecified atom stereocenters. The van der Waals surface area contributed by atoms with Crippen LogP contribution in [0.25, 0.3) is 0 Å². The fraction of sp³-hybridized carbons (Fsp3) is 0.939. The van der Waals surface area contributed by atoms with Gasteiger partial charge in [-0.3, -0.25) is 14.4 Å². The third kappa shape index (κ3) is 43.4. The highest BCUT2D eigenvalue weighted by Crippen LogP contribution is 2.17. The summed E-state index contributed by atoms with van der Waals surface area (Å²) < 4.78 is 16.6. The minimum absolute atomic E-state index is 0.0654. The molecule has 0 N–H and O–H groups in total. The first kappa shape index (κ1) is 53.4. The van der Waals surface area contributed by atoms with Crippen molar-refractivity contribution in [3.8, 4) is 0 Å². The lowest BCUT2D eigenvalue weighted by Crippen LogP contribution is -2.30. The molecule has 0 fully saturated rings. The maximum absolute atomic E-state index is 12.7. The predicted molar refractivity (Wildman–Crippen MR) is 233 cm³/mol. The van der Waals surface area contributed by atoms with Gasteiger partial charge in [-0.1, -0.05) is 227 Å². The van der Waals surface area contributed by atoms with E-state index in [2.05, 4.69) is 34.6 Å². The van der Waals surface area contributed by atoms with Gasteiger partial charge in [0.2, 0.25) is 0 Å². The molecule has 1 atom stereocenters. The lowest BCUT2D eigenvalue weighted by molar-refractivity contribution is -0.167. The van der Waals surface area contributed by atoms with Crippen LogP contribution in [0, 0.1) is 11.8 Å². The van der Waals surface area contributed by atoms with Gasteiger partial charge in [-0.05, 0) is 31.1 Å². The lowest BCUT2D eigenvalue weighted by atomic mass is 10.0. The first-order valence-electron chi connectivity index (χ1n) is 24.2. The third-order valence-electron chi connectivity index (χ3n) is 11.0. The molecular formula is C49H94O6. The van der Waals surface area contributed by atoms with E-state index in [1.165, 1.54) is 148 Å². The summed E-state index contributed by atoms with van der Waals surface area (Å²) in [6.45, 7) is 11.3. The number of carbonyl (C=O) groups is 3. The van der Waals surface area contributed by atoms with E-state index in [0.29, 0.717) is 19.3 Å². The Morgan fingerprint density at radius 2 is 0.600 bits per heavy atom. The van der Waals surface area contributed by atoms with Gasteiger partial charge in [0, 0.05) is 19.3 Å². The largest absolute Gasteiger partial charge is 0.462 e. The summed E-state index contributed by atoms with van der Waals surface area (Å²) in [6.07, 6.45) is 41.2. The van der Waals surface area contributed by atoms with Crippen molar-refractivity contribution in [2.75, 3.05) is 13.2 Å². The van der Waals surface area contributed by atoms with Crippen LogP contribution in [0.4, 0.5) is 0 Å². The van der Waals surface area contributed by atoms with Crippen LogP contribution in [-0.4, -0.2) is 37.2 Å². The van der Waals surface area contributed by atoms with Crippen LogP contribution < -0.4 is 0 Å². The molecule has 0 radical (unpaired) electrons. The summed E-state index contributed by atoms with van der Waals surface area (Å²) in [4.78, 5) is 37.5. The van der Waals surface area contributed by atoms with Gasteiger partial charge in [-0.2, -0.15) is 0 Å². The van der Waals surface area contributed by atoms with Gasteiger partial charge in [0.25, 0.3) is 0 Å². The van der Waals surface area contributed by atoms with E-state index in [1.807, 2.05) is 0 Å². The minimum Gasteiger partial charge on any atom is -0.462 e. The molecule has 0 aromatic heterocycles. The van der Waals surface area contributed by atoms with Gasteiger partial charge in [-0.25, -0.2) is 0 Å². The van der Waals surface area contributed by atoms with Crippen molar-refractivity contribution in [1.82, 2.24) is 0 Å². The molecule has 0 aliphatic rings. The fourth-order valence-corrected chi connectivity index (χ4v) is 7.28. The van der Waals surface area contributed by atoms with E-state index < -0.39 is 6.10 Å². The molecular weight excluding hydrogens is 685 g/mol. The van der Waals surface area contributed by atoms with Crippen LogP contribution in [-0.2, 0) is 28.6 Å². The van der Waals surface area contributed by atoms with E-state index in [-0.39, 0.29) is 31.1 Å². The Labute approximate surface area is 342 Å². The second-order valence-corrected chi connectivity index (χ2v) is 17.7. The zero-order chi connectivity index (χ0) is 40.5. The van der Waals surface area contributed by atoms with Gasteiger partial charge in [0.15, 0.2) is 6.10 Å². The Hall–Kier alpha value is -1.59. The molecule has 0 heterocycles. The Balaban J connectivity index is 4.12. The van der Waals surface area contributed by atoms with Crippen molar-refractivity contribution >= 4 is 17.9 Å². The summed E-state index contributed by atoms with van der Waals surface area (Å²) >= 11 is 0. The molecule has 0 bridgehead atoms. The van der Waals surface area contributed by atoms with E-state index in [1.54, 1.807) is 0 Å². The Morgan fingerprint density at radius 3 is 0.891 bits per heavy atom. The normalized spacial score (nSPS) is 12.1. The van der Waals surface area contributed by atoms with Crippen molar-refractivity contribution in [1.29, 1.82) is 0 Å². The molecule has 0 amide bonds. The van der Waals surface area contributed by atoms with Crippen LogP contribution in [0.2, 0.25) is 0 Å². The van der Waals surface area contributed by atoms with Crippen LogP contribution in [0.15, 0.2) is 0 Å². The molecule has 6 heteroatoms. The van der Waals surface area contributed by atoms with Crippen LogP contribution in [0.3, 0.4) is 0 Å². The van der Waals surface area contributed by atoms with Crippen molar-refractivity contribution in [2.24, 2.45) is 11.8 Å². The maximum atomic E-state index is 12.7. The molecule has 0 spiro atoms. The van der Waals surface area contributed by atoms with Crippen molar-refractivity contribution < 1.29 is 28.6 Å². The highest BCUT2D eigenvalue weighted by molar-refractivity contribution is 5.71. The molecule has 0 aliphatic carbocycles. The highest BCUT2D eigenvalue weighted by Gasteiger charge is 2.19. The summed E-state index contributed by atoms with van der Waals surface area (Å²) in [5, 5.41) is 0. The summed E-state index contributed by atoms with van der Waals surface area (Å²) in [6, 6.07) is 0. The quantitative estimate of drug-likeness (QED) is 0.0348. The SMILES string of the molecule is CCCCCCCC(=O)OC[C@H](COC(=O)CCCCCCCCCCCCC(C)C)OC(=O)CCCCCCCCCCCCCCCCCCC(C)C. The van der Waals surface area contributed by atoms with Gasteiger partial charge < -0.3 is 14.2 Å². The van der Waals surface area contributed by atoms with Gasteiger partial charge in [-0.15, -0.1) is 0 Å². The first-order chi connectivity index (χ1) is 26.7. The van der Waals surface area contributed by atoms with Crippen LogP contribution in [0.1, 0.15) is 266 Å². The zero-order valence-electron chi connectivity index (χ0n) is 37.6. The summed E-state index contributed by atoms with van der Waals surface area (Å²) in [7, 11) is 0. The average Bonchev–Trinajstić information content (AvgIpc) is 3.15. The predicted octanol–water partition coefficient (Wildman–Crippen LogP) is 15.4. The number of ether oxygens (including phenoxy) is 3. The van der Waals surface area contributed by atoms with Gasteiger partial charge in [0.05, 0.1) is 0 Å². The highest BCUT2D eigenvalue weighted by atomic mass is 16.6. The van der Waals surface area contributed by atoms with E-state index in [4.69, 9.17) is 14.2 Å². The van der Waals surface area contributed by atoms with Crippen LogP contribution in [0.5, 0.6) is 0 Å². The molecule has 0 aromatic carbocycles. The smallest absolute Gasteiger partial charge is 0.306 e. The number of hydrogen-bond acceptors (Lipinski definition) is 6. The number of rotatable bonds is 43. The minimum atomic E-state index is -0.759. The van der Waals surface area contributed by atoms with Crippen molar-refractivity contribution in [3.63, 3.8) is 0 Å². The Kier molecular flexibility index (Phi) is 40.8. The molecule has 55 heavy (non-hydrogen) atoms. The second kappa shape index (κ2) is 42.0. The van der Waals surface area contributed by atoms with E-state index in [9.17, 15) is 14.4 Å². The molecule has 326 valence electrons. The van der Waals surface area contributed by atoms with Crippen molar-refractivity contribution in [3.05, 3.63) is 0 Å². The number of hydrogen-bond donors (Lipinski definition) is 0. The molecule has 0 aromatic rings. The summed E-state index contributed by atoms with van der Waals surface area (Å²) in [5.74, 6) is 0.803. The molecule has 0 saturated heterocycles. The molecule has 6 nitrogen and oxygen atoms in total. The average molecular weight is 779 g/mol. The third-order valence-corrected chi connectivity index (χ3v) is 11.0. The van der Waals surface area contributed by atoms with Crippen LogP contribution >= 0.6 is 0 Å². The number of esters is 3. The van der Waals surface area contributed by atoms with E-state index >= 15 is 0 Å². The van der Waals surface area contributed by atoms with Gasteiger partial charge in [0.1, 0.15) is 13.2 Å². The molecule has 0 rings (SSSR count). The monoisotopic (exact) mass is 779 g/mol.